The SMILES string of the molecule is CCOC(=O)[C@H](C)NP(=O)(OC[C@H]1O[C@@H](n2cc(C)c(=O)[nH]c2=O)CC1O)Oc1ccc(C(F)(F)F)cc1. The fraction of sp³-hybridized carbons (Fsp3) is 0.500. The maximum absolute atomic E-state index is 13.5. The standard InChI is InChI=1S/C22H27F3N3O9P/c1-4-34-20(31)13(3)27-38(33,37-15-7-5-14(6-8-15)22(23,24)25)35-11-17-16(29)9-18(36-17)28-10-12(2)19(30)26-21(28)32/h5-8,10,13,16-18,29H,4,9,11H2,1-3H3,(H,27,33)(H,26,30,32)/t13-,16?,17+,18+,38?/m0/s1. The van der Waals surface area contributed by atoms with Gasteiger partial charge in [0.25, 0.3) is 5.56 Å². The van der Waals surface area contributed by atoms with Crippen molar-refractivity contribution in [1.82, 2.24) is 14.6 Å². The lowest BCUT2D eigenvalue weighted by atomic mass is 10.2. The summed E-state index contributed by atoms with van der Waals surface area (Å²) in [6.45, 7) is 3.82. The first-order valence-electron chi connectivity index (χ1n) is 11.4. The molecule has 1 saturated heterocycles. The minimum atomic E-state index is -4.60. The lowest BCUT2D eigenvalue weighted by Crippen LogP contribution is -2.36. The van der Waals surface area contributed by atoms with E-state index in [0.29, 0.717) is 12.1 Å². The predicted octanol–water partition coefficient (Wildman–Crippen LogP) is 2.26. The Balaban J connectivity index is 1.77. The second-order valence-corrected chi connectivity index (χ2v) is 10.1. The number of carbonyl (C=O) groups excluding carboxylic acids is 1. The minimum Gasteiger partial charge on any atom is -0.465 e. The van der Waals surface area contributed by atoms with Gasteiger partial charge in [-0.15, -0.1) is 0 Å². The molecular weight excluding hydrogens is 538 g/mol. The number of hydrogen-bond donors (Lipinski definition) is 3. The van der Waals surface area contributed by atoms with E-state index >= 15 is 0 Å². The van der Waals surface area contributed by atoms with E-state index < -0.39 is 67.8 Å². The molecule has 1 fully saturated rings. The highest BCUT2D eigenvalue weighted by Crippen LogP contribution is 2.46. The quantitative estimate of drug-likeness (QED) is 0.288. The van der Waals surface area contributed by atoms with E-state index in [0.717, 1.165) is 16.7 Å². The monoisotopic (exact) mass is 565 g/mol. The summed E-state index contributed by atoms with van der Waals surface area (Å²) in [7, 11) is -4.46. The highest BCUT2D eigenvalue weighted by atomic mass is 31.2. The highest BCUT2D eigenvalue weighted by molar-refractivity contribution is 7.52. The third-order valence-corrected chi connectivity index (χ3v) is 7.11. The van der Waals surface area contributed by atoms with Crippen molar-refractivity contribution in [3.8, 4) is 5.75 Å². The largest absolute Gasteiger partial charge is 0.465 e. The maximum atomic E-state index is 13.5. The second kappa shape index (κ2) is 11.8. The number of hydrogen-bond acceptors (Lipinski definition) is 9. The van der Waals surface area contributed by atoms with Gasteiger partial charge in [-0.3, -0.25) is 23.7 Å². The molecule has 2 unspecified atom stereocenters. The van der Waals surface area contributed by atoms with E-state index in [2.05, 4.69) is 10.1 Å². The van der Waals surface area contributed by atoms with Gasteiger partial charge in [0, 0.05) is 18.2 Å². The van der Waals surface area contributed by atoms with Gasteiger partial charge in [-0.2, -0.15) is 18.3 Å². The summed E-state index contributed by atoms with van der Waals surface area (Å²) in [5.74, 6) is -1.05. The normalized spacial score (nSPS) is 22.0. The number of esters is 1. The van der Waals surface area contributed by atoms with Crippen molar-refractivity contribution < 1.29 is 46.2 Å². The summed E-state index contributed by atoms with van der Waals surface area (Å²) in [6, 6.07) is 2.08. The molecule has 0 saturated carbocycles. The predicted molar refractivity (Wildman–Crippen MR) is 125 cm³/mol. The lowest BCUT2D eigenvalue weighted by Gasteiger charge is -2.24. The Kier molecular flexibility index (Phi) is 9.21. The van der Waals surface area contributed by atoms with Crippen LogP contribution in [-0.2, 0) is 29.5 Å². The van der Waals surface area contributed by atoms with Crippen LogP contribution < -0.4 is 20.9 Å². The average molecular weight is 565 g/mol. The van der Waals surface area contributed by atoms with Crippen LogP contribution in [0, 0.1) is 6.92 Å². The van der Waals surface area contributed by atoms with Crippen molar-refractivity contribution in [3.63, 3.8) is 0 Å². The molecule has 1 aliphatic heterocycles. The summed E-state index contributed by atoms with van der Waals surface area (Å²) in [5.41, 5.74) is -2.07. The van der Waals surface area contributed by atoms with E-state index in [1.54, 1.807) is 6.92 Å². The number of aromatic amines is 1. The number of aliphatic hydroxyl groups excluding tert-OH is 1. The Hall–Kier alpha value is -2.97. The van der Waals surface area contributed by atoms with Crippen LogP contribution in [0.3, 0.4) is 0 Å². The molecule has 2 aromatic rings. The van der Waals surface area contributed by atoms with Crippen molar-refractivity contribution in [2.75, 3.05) is 13.2 Å². The third-order valence-electron chi connectivity index (χ3n) is 5.47. The summed E-state index contributed by atoms with van der Waals surface area (Å²) < 4.78 is 74.5. The number of benzene rings is 1. The number of nitrogens with zero attached hydrogens (tertiary/aromatic N) is 1. The summed E-state index contributed by atoms with van der Waals surface area (Å²) in [5, 5.41) is 12.8. The van der Waals surface area contributed by atoms with E-state index in [9.17, 15) is 37.2 Å². The Morgan fingerprint density at radius 1 is 1.32 bits per heavy atom. The zero-order chi connectivity index (χ0) is 28.3. The number of aryl methyl sites for hydroxylation is 1. The molecule has 0 spiro atoms. The zero-order valence-corrected chi connectivity index (χ0v) is 21.5. The van der Waals surface area contributed by atoms with Crippen molar-refractivity contribution in [2.24, 2.45) is 0 Å². The number of H-pyrrole nitrogens is 1. The first kappa shape index (κ1) is 29.6. The maximum Gasteiger partial charge on any atom is 0.459 e. The molecule has 2 heterocycles. The fourth-order valence-electron chi connectivity index (χ4n) is 3.50. The Labute approximate surface area is 214 Å². The molecule has 0 amide bonds. The number of aromatic nitrogens is 2. The van der Waals surface area contributed by atoms with Gasteiger partial charge >= 0.3 is 25.6 Å². The molecule has 1 aromatic heterocycles. The molecule has 210 valence electrons. The number of alkyl halides is 3. The molecule has 0 radical (unpaired) electrons. The van der Waals surface area contributed by atoms with Crippen LogP contribution in [0.15, 0.2) is 40.1 Å². The Morgan fingerprint density at radius 2 is 1.97 bits per heavy atom. The number of ether oxygens (including phenoxy) is 2. The Morgan fingerprint density at radius 3 is 2.58 bits per heavy atom. The summed E-state index contributed by atoms with van der Waals surface area (Å²) >= 11 is 0. The average Bonchev–Trinajstić information content (AvgIpc) is 3.20. The highest BCUT2D eigenvalue weighted by Gasteiger charge is 2.40. The van der Waals surface area contributed by atoms with Crippen molar-refractivity contribution >= 4 is 13.7 Å². The van der Waals surface area contributed by atoms with Gasteiger partial charge < -0.3 is 19.1 Å². The lowest BCUT2D eigenvalue weighted by molar-refractivity contribution is -0.144. The van der Waals surface area contributed by atoms with Crippen LogP contribution in [0.4, 0.5) is 13.2 Å². The number of rotatable bonds is 10. The minimum absolute atomic E-state index is 0.0306. The van der Waals surface area contributed by atoms with Crippen molar-refractivity contribution in [1.29, 1.82) is 0 Å². The van der Waals surface area contributed by atoms with E-state index in [1.165, 1.54) is 20.0 Å². The molecule has 3 rings (SSSR count). The topological polar surface area (TPSA) is 158 Å². The first-order valence-corrected chi connectivity index (χ1v) is 13.0. The Bertz CT molecular complexity index is 1300. The van der Waals surface area contributed by atoms with Gasteiger partial charge in [0.2, 0.25) is 0 Å². The summed E-state index contributed by atoms with van der Waals surface area (Å²) in [6.07, 6.45) is -6.71. The molecule has 0 bridgehead atoms. The van der Waals surface area contributed by atoms with Gasteiger partial charge in [-0.1, -0.05) is 0 Å². The van der Waals surface area contributed by atoms with Gasteiger partial charge in [0.1, 0.15) is 24.1 Å². The second-order valence-electron chi connectivity index (χ2n) is 8.42. The van der Waals surface area contributed by atoms with Crippen LogP contribution >= 0.6 is 7.75 Å². The van der Waals surface area contributed by atoms with Crippen molar-refractivity contribution in [3.05, 3.63) is 62.4 Å². The van der Waals surface area contributed by atoms with Crippen LogP contribution in [0.5, 0.6) is 5.75 Å². The first-order chi connectivity index (χ1) is 17.7. The fourth-order valence-corrected chi connectivity index (χ4v) is 5.00. The molecule has 5 atom stereocenters. The van der Waals surface area contributed by atoms with Crippen LogP contribution in [0.25, 0.3) is 0 Å². The molecule has 38 heavy (non-hydrogen) atoms. The number of carbonyl (C=O) groups is 1. The van der Waals surface area contributed by atoms with Gasteiger partial charge in [0.15, 0.2) is 0 Å². The van der Waals surface area contributed by atoms with Crippen molar-refractivity contribution in [2.45, 2.75) is 57.8 Å². The number of halogens is 3. The molecule has 1 aromatic carbocycles. The van der Waals surface area contributed by atoms with Crippen LogP contribution in [-0.4, -0.2) is 52.1 Å². The summed E-state index contributed by atoms with van der Waals surface area (Å²) in [4.78, 5) is 38.0. The molecule has 16 heteroatoms. The molecule has 3 N–H and O–H groups in total. The van der Waals surface area contributed by atoms with E-state index in [-0.39, 0.29) is 24.3 Å². The van der Waals surface area contributed by atoms with Gasteiger partial charge in [-0.25, -0.2) is 9.36 Å². The molecule has 1 aliphatic rings. The number of nitrogens with one attached hydrogen (secondary N) is 2. The molecular formula is C22H27F3N3O9P. The van der Waals surface area contributed by atoms with E-state index in [4.69, 9.17) is 18.5 Å². The smallest absolute Gasteiger partial charge is 0.459 e. The molecule has 0 aliphatic carbocycles. The van der Waals surface area contributed by atoms with E-state index in [1.807, 2.05) is 0 Å². The van der Waals surface area contributed by atoms with Crippen LogP contribution in [0.2, 0.25) is 0 Å². The third kappa shape index (κ3) is 7.32. The van der Waals surface area contributed by atoms with Gasteiger partial charge in [-0.05, 0) is 45.0 Å². The number of aliphatic hydroxyl groups is 1. The van der Waals surface area contributed by atoms with Gasteiger partial charge in [0.05, 0.1) is 24.9 Å². The van der Waals surface area contributed by atoms with Crippen LogP contribution in [0.1, 0.15) is 37.6 Å². The zero-order valence-electron chi connectivity index (χ0n) is 20.6. The molecule has 12 nitrogen and oxygen atoms in total.